The van der Waals surface area contributed by atoms with Gasteiger partial charge in [0.05, 0.1) is 28.6 Å². The maximum absolute atomic E-state index is 12.5. The normalized spacial score (nSPS) is 11.6. The van der Waals surface area contributed by atoms with E-state index in [0.29, 0.717) is 5.57 Å². The van der Waals surface area contributed by atoms with Crippen LogP contribution in [-0.2, 0) is 9.59 Å². The zero-order valence-electron chi connectivity index (χ0n) is 21.4. The van der Waals surface area contributed by atoms with Crippen molar-refractivity contribution < 1.29 is 19.8 Å². The molecule has 0 saturated heterocycles. The van der Waals surface area contributed by atoms with Gasteiger partial charge >= 0.3 is 0 Å². The van der Waals surface area contributed by atoms with E-state index in [0.717, 1.165) is 12.4 Å². The first kappa shape index (κ1) is 36.1. The number of nitrogens with one attached hydrogen (secondary N) is 2. The van der Waals surface area contributed by atoms with Crippen molar-refractivity contribution >= 4 is 11.8 Å². The molecule has 0 unspecified atom stereocenters. The first-order chi connectivity index (χ1) is 15.3. The Morgan fingerprint density at radius 1 is 0.781 bits per heavy atom. The molecule has 6 heteroatoms. The number of aliphatic hydroxyl groups is 2. The molecule has 0 aromatic rings. The SMILES string of the molecule is C=C/C=C\C(=C/C)C(/C(C(=O)NC=C)=C(/C)O)/C(C(=O)NC=C)=C(/C)O.CC.CC.CC. The number of amides is 2. The van der Waals surface area contributed by atoms with E-state index in [2.05, 4.69) is 30.4 Å². The molecule has 0 aromatic heterocycles. The Labute approximate surface area is 195 Å². The Hall–Kier alpha value is -3.28. The van der Waals surface area contributed by atoms with Crippen molar-refractivity contribution in [3.8, 4) is 0 Å². The van der Waals surface area contributed by atoms with Gasteiger partial charge in [-0.2, -0.15) is 0 Å². The lowest BCUT2D eigenvalue weighted by molar-refractivity contribution is -0.117. The Morgan fingerprint density at radius 3 is 1.34 bits per heavy atom. The number of carbonyl (C=O) groups is 2. The molecule has 0 rings (SSSR count). The minimum atomic E-state index is -1.04. The van der Waals surface area contributed by atoms with Crippen molar-refractivity contribution in [1.29, 1.82) is 0 Å². The highest BCUT2D eigenvalue weighted by molar-refractivity contribution is 6.02. The summed E-state index contributed by atoms with van der Waals surface area (Å²) in [5.41, 5.74) is 0.291. The zero-order chi connectivity index (χ0) is 26.3. The van der Waals surface area contributed by atoms with E-state index < -0.39 is 17.7 Å². The van der Waals surface area contributed by atoms with Crippen LogP contribution in [0.5, 0.6) is 0 Å². The summed E-state index contributed by atoms with van der Waals surface area (Å²) in [6, 6.07) is 0. The lowest BCUT2D eigenvalue weighted by atomic mass is 9.81. The monoisotopic (exact) mass is 448 g/mol. The van der Waals surface area contributed by atoms with Crippen molar-refractivity contribution in [3.63, 3.8) is 0 Å². The number of carbonyl (C=O) groups excluding carboxylic acids is 2. The lowest BCUT2D eigenvalue weighted by Crippen LogP contribution is -2.32. The third kappa shape index (κ3) is 13.1. The van der Waals surface area contributed by atoms with E-state index in [-0.39, 0.29) is 22.7 Å². The highest BCUT2D eigenvalue weighted by atomic mass is 16.3. The van der Waals surface area contributed by atoms with Crippen LogP contribution < -0.4 is 10.6 Å². The summed E-state index contributed by atoms with van der Waals surface area (Å²) in [5, 5.41) is 25.1. The minimum Gasteiger partial charge on any atom is -0.512 e. The van der Waals surface area contributed by atoms with Gasteiger partial charge in [-0.15, -0.1) is 0 Å². The molecular weight excluding hydrogens is 404 g/mol. The van der Waals surface area contributed by atoms with Crippen molar-refractivity contribution in [3.05, 3.63) is 84.7 Å². The van der Waals surface area contributed by atoms with Crippen molar-refractivity contribution in [1.82, 2.24) is 10.6 Å². The molecule has 2 amide bonds. The molecule has 32 heavy (non-hydrogen) atoms. The van der Waals surface area contributed by atoms with Gasteiger partial charge in [0.2, 0.25) is 0 Å². The summed E-state index contributed by atoms with van der Waals surface area (Å²) in [4.78, 5) is 25.0. The fraction of sp³-hybridized carbons (Fsp3) is 0.385. The van der Waals surface area contributed by atoms with Crippen molar-refractivity contribution in [2.75, 3.05) is 0 Å². The summed E-state index contributed by atoms with van der Waals surface area (Å²) < 4.78 is 0. The van der Waals surface area contributed by atoms with Gasteiger partial charge in [0.25, 0.3) is 11.8 Å². The summed E-state index contributed by atoms with van der Waals surface area (Å²) >= 11 is 0. The van der Waals surface area contributed by atoms with E-state index >= 15 is 0 Å². The van der Waals surface area contributed by atoms with E-state index in [1.165, 1.54) is 19.9 Å². The van der Waals surface area contributed by atoms with Gasteiger partial charge in [-0.1, -0.05) is 85.6 Å². The molecule has 6 nitrogen and oxygen atoms in total. The molecular formula is C26H44N2O4. The Balaban J connectivity index is -0.000000597. The fourth-order valence-electron chi connectivity index (χ4n) is 2.37. The topological polar surface area (TPSA) is 98.7 Å². The first-order valence-corrected chi connectivity index (χ1v) is 10.8. The van der Waals surface area contributed by atoms with E-state index in [9.17, 15) is 19.8 Å². The number of aliphatic hydroxyl groups excluding tert-OH is 2. The van der Waals surface area contributed by atoms with Crippen LogP contribution in [0.1, 0.15) is 62.3 Å². The second-order valence-electron chi connectivity index (χ2n) is 5.17. The summed E-state index contributed by atoms with van der Waals surface area (Å²) in [7, 11) is 0. The standard InChI is InChI=1S/C20H26N2O4.3C2H6/c1-7-11-12-15(8-2)18(16(13(5)23)19(25)21-9-3)17(14(6)24)20(26)22-10-4;3*1-2/h7-12,18,23-24H,1,3-4H2,2,5-6H3,(H,21,25)(H,22,26);3*1-2H3/b12-11-,15-8+,16-13+,17-14+;;;. The summed E-state index contributed by atoms with van der Waals surface area (Å²) in [6.07, 6.45) is 8.77. The molecule has 0 atom stereocenters. The van der Waals surface area contributed by atoms with Crippen LogP contribution in [0.4, 0.5) is 0 Å². The van der Waals surface area contributed by atoms with Gasteiger partial charge in [0, 0.05) is 0 Å². The van der Waals surface area contributed by atoms with E-state index in [4.69, 9.17) is 0 Å². The van der Waals surface area contributed by atoms with Gasteiger partial charge in [-0.3, -0.25) is 9.59 Å². The molecule has 0 heterocycles. The second-order valence-corrected chi connectivity index (χ2v) is 5.17. The molecule has 0 aliphatic rings. The molecule has 182 valence electrons. The molecule has 4 N–H and O–H groups in total. The molecule has 0 bridgehead atoms. The van der Waals surface area contributed by atoms with E-state index in [1.807, 2.05) is 41.5 Å². The van der Waals surface area contributed by atoms with Crippen molar-refractivity contribution in [2.24, 2.45) is 5.92 Å². The first-order valence-electron chi connectivity index (χ1n) is 10.8. The second kappa shape index (κ2) is 24.0. The Kier molecular flexibility index (Phi) is 27.1. The molecule has 0 saturated carbocycles. The van der Waals surface area contributed by atoms with Crippen LogP contribution in [0.25, 0.3) is 0 Å². The van der Waals surface area contributed by atoms with Gasteiger partial charge < -0.3 is 20.8 Å². The van der Waals surface area contributed by atoms with Crippen LogP contribution in [0.2, 0.25) is 0 Å². The highest BCUT2D eigenvalue weighted by Gasteiger charge is 2.33. The zero-order valence-corrected chi connectivity index (χ0v) is 21.4. The van der Waals surface area contributed by atoms with Crippen LogP contribution >= 0.6 is 0 Å². The quantitative estimate of drug-likeness (QED) is 0.182. The number of allylic oxidation sites excluding steroid dienone is 7. The molecule has 0 aliphatic heterocycles. The lowest BCUT2D eigenvalue weighted by Gasteiger charge is -2.24. The van der Waals surface area contributed by atoms with Crippen LogP contribution in [0, 0.1) is 5.92 Å². The van der Waals surface area contributed by atoms with Gasteiger partial charge in [0.1, 0.15) is 0 Å². The molecule has 0 aromatic carbocycles. The maximum Gasteiger partial charge on any atom is 0.255 e. The summed E-state index contributed by atoms with van der Waals surface area (Å²) in [6.45, 7) is 26.8. The summed E-state index contributed by atoms with van der Waals surface area (Å²) in [5.74, 6) is -2.94. The smallest absolute Gasteiger partial charge is 0.255 e. The minimum absolute atomic E-state index is 0.102. The average Bonchev–Trinajstić information content (AvgIpc) is 2.78. The third-order valence-corrected chi connectivity index (χ3v) is 3.40. The molecule has 0 spiro atoms. The van der Waals surface area contributed by atoms with Crippen molar-refractivity contribution in [2.45, 2.75) is 62.3 Å². The molecule has 0 radical (unpaired) electrons. The van der Waals surface area contributed by atoms with Crippen LogP contribution in [0.3, 0.4) is 0 Å². The van der Waals surface area contributed by atoms with Gasteiger partial charge in [-0.25, -0.2) is 0 Å². The molecule has 0 fully saturated rings. The maximum atomic E-state index is 12.5. The molecule has 0 aliphatic carbocycles. The predicted molar refractivity (Wildman–Crippen MR) is 138 cm³/mol. The highest BCUT2D eigenvalue weighted by Crippen LogP contribution is 2.33. The van der Waals surface area contributed by atoms with Gasteiger partial charge in [0.15, 0.2) is 0 Å². The van der Waals surface area contributed by atoms with Crippen LogP contribution in [-0.4, -0.2) is 22.0 Å². The Bertz CT molecular complexity index is 659. The van der Waals surface area contributed by atoms with Crippen LogP contribution in [0.15, 0.2) is 84.7 Å². The van der Waals surface area contributed by atoms with E-state index in [1.54, 1.807) is 25.2 Å². The van der Waals surface area contributed by atoms with Gasteiger partial charge in [-0.05, 0) is 38.7 Å². The largest absolute Gasteiger partial charge is 0.512 e. The number of hydrogen-bond donors (Lipinski definition) is 4. The fourth-order valence-corrected chi connectivity index (χ4v) is 2.37. The Morgan fingerprint density at radius 2 is 1.12 bits per heavy atom. The number of hydrogen-bond acceptors (Lipinski definition) is 4. The third-order valence-electron chi connectivity index (χ3n) is 3.40. The average molecular weight is 449 g/mol. The predicted octanol–water partition coefficient (Wildman–Crippen LogP) is 6.55. The number of rotatable bonds is 9.